The largest absolute Gasteiger partial charge is 0.237 e. The van der Waals surface area contributed by atoms with Gasteiger partial charge in [0.1, 0.15) is 0 Å². The van der Waals surface area contributed by atoms with E-state index in [4.69, 9.17) is 10.2 Å². The maximum Gasteiger partial charge on any atom is 0.0649 e. The first-order chi connectivity index (χ1) is 13.9. The quantitative estimate of drug-likeness (QED) is 0.510. The van der Waals surface area contributed by atoms with E-state index in [1.807, 2.05) is 0 Å². The minimum atomic E-state index is 0.498. The Hall–Kier alpha value is -3.14. The van der Waals surface area contributed by atoms with Crippen LogP contribution < -0.4 is 0 Å². The molecule has 0 fully saturated rings. The first kappa shape index (κ1) is 15.9. The minimum absolute atomic E-state index is 0.498. The maximum atomic E-state index is 4.78. The summed E-state index contributed by atoms with van der Waals surface area (Å²) in [5.41, 5.74) is 7.97. The lowest BCUT2D eigenvalue weighted by molar-refractivity contribution is 0.396. The highest BCUT2D eigenvalue weighted by Gasteiger charge is 2.40. The van der Waals surface area contributed by atoms with Gasteiger partial charge in [0.05, 0.1) is 35.2 Å². The Morgan fingerprint density at radius 2 is 1.04 bits per heavy atom. The van der Waals surface area contributed by atoms with Gasteiger partial charge in [0.15, 0.2) is 0 Å². The number of aromatic nitrogens is 4. The van der Waals surface area contributed by atoms with Crippen LogP contribution in [0.4, 0.5) is 0 Å². The first-order valence-electron chi connectivity index (χ1n) is 10.1. The van der Waals surface area contributed by atoms with E-state index in [1.165, 1.54) is 35.4 Å². The topological polar surface area (TPSA) is 35.6 Å². The molecule has 2 aliphatic carbocycles. The van der Waals surface area contributed by atoms with Crippen LogP contribution in [0.25, 0.3) is 11.4 Å². The number of hydrogen-bond donors (Lipinski definition) is 0. The van der Waals surface area contributed by atoms with Gasteiger partial charge in [-0.05, 0) is 61.1 Å². The van der Waals surface area contributed by atoms with Crippen LogP contribution in [0.3, 0.4) is 0 Å². The third-order valence-corrected chi connectivity index (χ3v) is 6.41. The number of benzene rings is 2. The molecular weight excluding hydrogens is 344 g/mol. The Morgan fingerprint density at radius 3 is 1.46 bits per heavy atom. The number of nitrogens with zero attached hydrogens (tertiary/aromatic N) is 4. The van der Waals surface area contributed by atoms with Crippen LogP contribution in [0.15, 0.2) is 73.1 Å². The van der Waals surface area contributed by atoms with Gasteiger partial charge in [-0.25, -0.2) is 9.36 Å². The Morgan fingerprint density at radius 1 is 0.607 bits per heavy atom. The van der Waals surface area contributed by atoms with Crippen LogP contribution in [0.2, 0.25) is 0 Å². The zero-order chi connectivity index (χ0) is 18.5. The Kier molecular flexibility index (Phi) is 3.51. The van der Waals surface area contributed by atoms with Crippen LogP contribution in [0.5, 0.6) is 0 Å². The zero-order valence-corrected chi connectivity index (χ0v) is 15.7. The van der Waals surface area contributed by atoms with Gasteiger partial charge in [-0.15, -0.1) is 0 Å². The lowest BCUT2D eigenvalue weighted by Gasteiger charge is -2.37. The van der Waals surface area contributed by atoms with Crippen molar-refractivity contribution in [1.82, 2.24) is 19.6 Å². The van der Waals surface area contributed by atoms with E-state index >= 15 is 0 Å². The zero-order valence-electron chi connectivity index (χ0n) is 15.7. The van der Waals surface area contributed by atoms with Crippen molar-refractivity contribution in [2.45, 2.75) is 37.5 Å². The van der Waals surface area contributed by atoms with Gasteiger partial charge in [-0.1, -0.05) is 36.4 Å². The van der Waals surface area contributed by atoms with E-state index in [0.29, 0.717) is 11.8 Å². The lowest BCUT2D eigenvalue weighted by atomic mass is 9.70. The summed E-state index contributed by atoms with van der Waals surface area (Å²) in [4.78, 5) is 0. The third kappa shape index (κ3) is 2.30. The number of hydrogen-bond acceptors (Lipinski definition) is 2. The van der Waals surface area contributed by atoms with Crippen molar-refractivity contribution in [3.8, 4) is 11.4 Å². The highest BCUT2D eigenvalue weighted by atomic mass is 15.3. The molecule has 2 heterocycles. The van der Waals surface area contributed by atoms with Gasteiger partial charge in [0.2, 0.25) is 0 Å². The molecule has 0 spiro atoms. The van der Waals surface area contributed by atoms with Crippen molar-refractivity contribution >= 4 is 0 Å². The molecule has 0 bridgehead atoms. The van der Waals surface area contributed by atoms with E-state index in [2.05, 4.69) is 82.4 Å². The molecule has 2 aromatic heterocycles. The van der Waals surface area contributed by atoms with E-state index < -0.39 is 0 Å². The van der Waals surface area contributed by atoms with Crippen molar-refractivity contribution < 1.29 is 0 Å². The van der Waals surface area contributed by atoms with E-state index in [0.717, 1.165) is 24.2 Å². The van der Waals surface area contributed by atoms with E-state index in [-0.39, 0.29) is 0 Å². The molecule has 0 saturated carbocycles. The summed E-state index contributed by atoms with van der Waals surface area (Å²) >= 11 is 0. The molecule has 138 valence electrons. The van der Waals surface area contributed by atoms with Gasteiger partial charge < -0.3 is 0 Å². The molecule has 0 amide bonds. The SMILES string of the molecule is c1ccc(-n2ncc3c2[C@H]2CCc4cnn(-c5ccccc5)c4[C@@H]2CC3)cc1. The monoisotopic (exact) mass is 366 g/mol. The number of rotatable bonds is 2. The van der Waals surface area contributed by atoms with Crippen molar-refractivity contribution in [2.75, 3.05) is 0 Å². The Labute approximate surface area is 164 Å². The average Bonchev–Trinajstić information content (AvgIpc) is 3.39. The minimum Gasteiger partial charge on any atom is -0.237 e. The van der Waals surface area contributed by atoms with Crippen molar-refractivity contribution in [3.05, 3.63) is 95.6 Å². The van der Waals surface area contributed by atoms with E-state index in [9.17, 15) is 0 Å². The summed E-state index contributed by atoms with van der Waals surface area (Å²) in [7, 11) is 0. The second-order valence-electron chi connectivity index (χ2n) is 7.90. The summed E-state index contributed by atoms with van der Waals surface area (Å²) < 4.78 is 4.36. The summed E-state index contributed by atoms with van der Waals surface area (Å²) in [6.07, 6.45) is 8.68. The predicted molar refractivity (Wildman–Crippen MR) is 109 cm³/mol. The predicted octanol–water partition coefficient (Wildman–Crippen LogP) is 4.82. The molecule has 4 heteroatoms. The molecule has 28 heavy (non-hydrogen) atoms. The van der Waals surface area contributed by atoms with Gasteiger partial charge in [0.25, 0.3) is 0 Å². The lowest BCUT2D eigenvalue weighted by Crippen LogP contribution is -2.27. The third-order valence-electron chi connectivity index (χ3n) is 6.41. The van der Waals surface area contributed by atoms with Gasteiger partial charge >= 0.3 is 0 Å². The Balaban J connectivity index is 1.48. The van der Waals surface area contributed by atoms with Crippen molar-refractivity contribution in [2.24, 2.45) is 0 Å². The average molecular weight is 366 g/mol. The molecule has 0 unspecified atom stereocenters. The fourth-order valence-corrected chi connectivity index (χ4v) is 5.19. The molecule has 0 N–H and O–H groups in total. The van der Waals surface area contributed by atoms with Gasteiger partial charge in [-0.2, -0.15) is 10.2 Å². The number of fused-ring (bicyclic) bond motifs is 5. The Bertz CT molecular complexity index is 1030. The van der Waals surface area contributed by atoms with Crippen LogP contribution in [-0.2, 0) is 12.8 Å². The maximum absolute atomic E-state index is 4.78. The molecule has 2 atom stereocenters. The highest BCUT2D eigenvalue weighted by molar-refractivity contribution is 5.44. The van der Waals surface area contributed by atoms with Crippen molar-refractivity contribution in [1.29, 1.82) is 0 Å². The second kappa shape index (κ2) is 6.20. The van der Waals surface area contributed by atoms with Crippen LogP contribution in [0.1, 0.15) is 47.2 Å². The fraction of sp³-hybridized carbons (Fsp3) is 0.250. The molecule has 6 rings (SSSR count). The number of aryl methyl sites for hydroxylation is 2. The summed E-state index contributed by atoms with van der Waals surface area (Å²) in [5, 5.41) is 9.56. The standard InChI is InChI=1S/C24H22N4/c1-3-7-19(8-4-1)27-23-17(15-25-27)11-14-22-21(23)13-12-18-16-26-28(24(18)22)20-9-5-2-6-10-20/h1-10,15-16,21-22H,11-14H2/t21-,22+. The molecule has 0 radical (unpaired) electrons. The van der Waals surface area contributed by atoms with Gasteiger partial charge in [0, 0.05) is 11.8 Å². The molecular formula is C24H22N4. The summed E-state index contributed by atoms with van der Waals surface area (Å²) in [5.74, 6) is 0.997. The molecule has 4 aromatic rings. The van der Waals surface area contributed by atoms with Crippen LogP contribution in [0, 0.1) is 0 Å². The molecule has 2 aliphatic rings. The number of para-hydroxylation sites is 2. The summed E-state index contributed by atoms with van der Waals surface area (Å²) in [6, 6.07) is 21.1. The first-order valence-corrected chi connectivity index (χ1v) is 10.1. The molecule has 0 saturated heterocycles. The molecule has 0 aliphatic heterocycles. The molecule has 4 nitrogen and oxygen atoms in total. The van der Waals surface area contributed by atoms with Crippen LogP contribution in [-0.4, -0.2) is 19.6 Å². The van der Waals surface area contributed by atoms with Gasteiger partial charge in [-0.3, -0.25) is 0 Å². The normalized spacial score (nSPS) is 20.3. The summed E-state index contributed by atoms with van der Waals surface area (Å²) in [6.45, 7) is 0. The van der Waals surface area contributed by atoms with Crippen molar-refractivity contribution in [3.63, 3.8) is 0 Å². The molecule has 2 aromatic carbocycles. The highest BCUT2D eigenvalue weighted by Crippen LogP contribution is 2.49. The second-order valence-corrected chi connectivity index (χ2v) is 7.90. The van der Waals surface area contributed by atoms with Crippen LogP contribution >= 0.6 is 0 Å². The fourth-order valence-electron chi connectivity index (χ4n) is 5.19. The van der Waals surface area contributed by atoms with E-state index in [1.54, 1.807) is 0 Å². The smallest absolute Gasteiger partial charge is 0.0649 e.